The Morgan fingerprint density at radius 2 is 1.81 bits per heavy atom. The second kappa shape index (κ2) is 10.4. The van der Waals surface area contributed by atoms with E-state index in [1.54, 1.807) is 12.4 Å². The van der Waals surface area contributed by atoms with Gasteiger partial charge in [-0.05, 0) is 31.4 Å². The van der Waals surface area contributed by atoms with E-state index in [2.05, 4.69) is 25.2 Å². The molecule has 9 heteroatoms. The second-order valence-electron chi connectivity index (χ2n) is 8.59. The standard InChI is InChI=1S/C27H27N7O2/c28-24(20-17-30-14-13-22(20)34-15-7-2-8-16-34)36-27(29)33-25-26(35)31-21-12-6-5-11-19(21)23(32-25)18-9-3-1-4-10-18/h1,3-6,9-14,17,25,28H,2,7-8,15-16H2,(H2,29,33)(H,31,35). The first-order valence-electron chi connectivity index (χ1n) is 11.9. The molecule has 3 heterocycles. The van der Waals surface area contributed by atoms with Gasteiger partial charge in [0.25, 0.3) is 11.9 Å². The van der Waals surface area contributed by atoms with Crippen LogP contribution in [0.15, 0.2) is 83.0 Å². The summed E-state index contributed by atoms with van der Waals surface area (Å²) >= 11 is 0. The molecular weight excluding hydrogens is 454 g/mol. The third-order valence-corrected chi connectivity index (χ3v) is 6.17. The number of aromatic nitrogens is 1. The minimum absolute atomic E-state index is 0.186. The number of para-hydroxylation sites is 1. The molecule has 0 radical (unpaired) electrons. The van der Waals surface area contributed by atoms with E-state index in [-0.39, 0.29) is 11.9 Å². The van der Waals surface area contributed by atoms with Crippen molar-refractivity contribution >= 4 is 34.9 Å². The molecule has 4 N–H and O–H groups in total. The van der Waals surface area contributed by atoms with E-state index in [0.29, 0.717) is 17.0 Å². The molecule has 1 unspecified atom stereocenters. The quantitative estimate of drug-likeness (QED) is 0.388. The molecule has 36 heavy (non-hydrogen) atoms. The van der Waals surface area contributed by atoms with E-state index in [1.807, 2.05) is 60.7 Å². The summed E-state index contributed by atoms with van der Waals surface area (Å²) in [4.78, 5) is 28.3. The van der Waals surface area contributed by atoms with Gasteiger partial charge < -0.3 is 20.7 Å². The number of hydrogen-bond acceptors (Lipinski definition) is 7. The Morgan fingerprint density at radius 3 is 2.61 bits per heavy atom. The number of rotatable bonds is 4. The second-order valence-corrected chi connectivity index (χ2v) is 8.59. The van der Waals surface area contributed by atoms with Crippen LogP contribution in [0.5, 0.6) is 0 Å². The number of fused-ring (bicyclic) bond motifs is 1. The number of nitrogens with one attached hydrogen (secondary N) is 2. The summed E-state index contributed by atoms with van der Waals surface area (Å²) in [5.41, 5.74) is 10.3. The van der Waals surface area contributed by atoms with Gasteiger partial charge in [-0.1, -0.05) is 48.5 Å². The first kappa shape index (κ1) is 23.2. The third-order valence-electron chi connectivity index (χ3n) is 6.17. The number of benzene rings is 2. The van der Waals surface area contributed by atoms with Crippen LogP contribution in [-0.2, 0) is 9.53 Å². The predicted molar refractivity (Wildman–Crippen MR) is 141 cm³/mol. The number of amides is 1. The highest BCUT2D eigenvalue weighted by Gasteiger charge is 2.26. The number of aliphatic imine (C=N–C) groups is 2. The van der Waals surface area contributed by atoms with Gasteiger partial charge in [0, 0.05) is 36.6 Å². The lowest BCUT2D eigenvalue weighted by atomic mass is 10.0. The molecule has 182 valence electrons. The van der Waals surface area contributed by atoms with E-state index in [1.165, 1.54) is 6.42 Å². The molecular formula is C27H27N7O2. The number of carbonyl (C=O) groups is 1. The molecule has 1 saturated heterocycles. The van der Waals surface area contributed by atoms with E-state index < -0.39 is 12.1 Å². The maximum atomic E-state index is 13.0. The van der Waals surface area contributed by atoms with Crippen LogP contribution in [0, 0.1) is 5.41 Å². The number of hydrogen-bond donors (Lipinski definition) is 3. The zero-order chi connectivity index (χ0) is 24.9. The molecule has 1 atom stereocenters. The fourth-order valence-corrected chi connectivity index (χ4v) is 4.44. The molecule has 9 nitrogen and oxygen atoms in total. The van der Waals surface area contributed by atoms with Crippen LogP contribution in [0.4, 0.5) is 11.4 Å². The number of benzodiazepines with no additional fused rings is 1. The van der Waals surface area contributed by atoms with Crippen LogP contribution in [0.25, 0.3) is 0 Å². The van der Waals surface area contributed by atoms with Crippen LogP contribution in [-0.4, -0.2) is 47.8 Å². The van der Waals surface area contributed by atoms with Crippen molar-refractivity contribution in [2.75, 3.05) is 23.3 Å². The number of anilines is 2. The Morgan fingerprint density at radius 1 is 1.06 bits per heavy atom. The first-order valence-corrected chi connectivity index (χ1v) is 11.9. The van der Waals surface area contributed by atoms with Crippen molar-refractivity contribution in [2.24, 2.45) is 15.7 Å². The van der Waals surface area contributed by atoms with Gasteiger partial charge in [0.1, 0.15) is 0 Å². The highest BCUT2D eigenvalue weighted by molar-refractivity contribution is 6.19. The number of nitrogens with two attached hydrogens (primary N) is 1. The highest BCUT2D eigenvalue weighted by atomic mass is 16.5. The van der Waals surface area contributed by atoms with Crippen molar-refractivity contribution < 1.29 is 9.53 Å². The lowest BCUT2D eigenvalue weighted by Crippen LogP contribution is -2.32. The average Bonchev–Trinajstić information content (AvgIpc) is 3.05. The minimum atomic E-state index is -1.18. The molecule has 0 aliphatic carbocycles. The van der Waals surface area contributed by atoms with E-state index >= 15 is 0 Å². The van der Waals surface area contributed by atoms with Gasteiger partial charge in [-0.3, -0.25) is 15.2 Å². The summed E-state index contributed by atoms with van der Waals surface area (Å²) in [6.07, 6.45) is 5.49. The Balaban J connectivity index is 1.43. The minimum Gasteiger partial charge on any atom is -0.407 e. The van der Waals surface area contributed by atoms with Crippen LogP contribution >= 0.6 is 0 Å². The summed E-state index contributed by atoms with van der Waals surface area (Å²) in [5, 5.41) is 11.4. The molecule has 1 fully saturated rings. The Labute approximate surface area is 209 Å². The average molecular weight is 482 g/mol. The van der Waals surface area contributed by atoms with E-state index in [9.17, 15) is 4.79 Å². The number of piperidine rings is 1. The predicted octanol–water partition coefficient (Wildman–Crippen LogP) is 3.54. The number of carbonyl (C=O) groups excluding carboxylic acids is 1. The van der Waals surface area contributed by atoms with Gasteiger partial charge in [0.2, 0.25) is 12.1 Å². The van der Waals surface area contributed by atoms with Crippen molar-refractivity contribution in [1.29, 1.82) is 5.41 Å². The molecule has 2 aromatic carbocycles. The zero-order valence-electron chi connectivity index (χ0n) is 19.7. The number of pyridine rings is 1. The van der Waals surface area contributed by atoms with Crippen LogP contribution < -0.4 is 16.0 Å². The lowest BCUT2D eigenvalue weighted by molar-refractivity contribution is -0.117. The van der Waals surface area contributed by atoms with Gasteiger partial charge in [-0.2, -0.15) is 4.99 Å². The monoisotopic (exact) mass is 481 g/mol. The van der Waals surface area contributed by atoms with Crippen LogP contribution in [0.3, 0.4) is 0 Å². The van der Waals surface area contributed by atoms with Crippen LogP contribution in [0.2, 0.25) is 0 Å². The third kappa shape index (κ3) is 4.95. The SMILES string of the molecule is N=C(OC(N)=NC1N=C(c2ccccc2)c2ccccc2NC1=O)c1cnccc1N1CCCCC1. The van der Waals surface area contributed by atoms with Gasteiger partial charge in [-0.25, -0.2) is 4.99 Å². The van der Waals surface area contributed by atoms with Gasteiger partial charge >= 0.3 is 0 Å². The number of ether oxygens (including phenoxy) is 1. The summed E-state index contributed by atoms with van der Waals surface area (Å²) < 4.78 is 5.57. The van der Waals surface area contributed by atoms with Gasteiger partial charge in [-0.15, -0.1) is 0 Å². The number of amidine groups is 1. The maximum absolute atomic E-state index is 13.0. The largest absolute Gasteiger partial charge is 0.407 e. The molecule has 0 bridgehead atoms. The Bertz CT molecular complexity index is 1330. The van der Waals surface area contributed by atoms with E-state index in [4.69, 9.17) is 15.9 Å². The maximum Gasteiger partial charge on any atom is 0.291 e. The fraction of sp³-hybridized carbons (Fsp3) is 0.222. The molecule has 1 amide bonds. The fourth-order valence-electron chi connectivity index (χ4n) is 4.44. The molecule has 0 saturated carbocycles. The van der Waals surface area contributed by atoms with Crippen molar-refractivity contribution in [3.05, 3.63) is 89.7 Å². The Hall–Kier alpha value is -4.53. The van der Waals surface area contributed by atoms with Gasteiger partial charge in [0.05, 0.1) is 22.6 Å². The topological polar surface area (TPSA) is 129 Å². The molecule has 0 spiro atoms. The van der Waals surface area contributed by atoms with Crippen molar-refractivity contribution in [3.63, 3.8) is 0 Å². The van der Waals surface area contributed by atoms with E-state index in [0.717, 1.165) is 42.7 Å². The highest BCUT2D eigenvalue weighted by Crippen LogP contribution is 2.26. The molecule has 2 aliphatic rings. The van der Waals surface area contributed by atoms with Gasteiger partial charge in [0.15, 0.2) is 0 Å². The molecule has 3 aromatic rings. The van der Waals surface area contributed by atoms with Crippen molar-refractivity contribution in [2.45, 2.75) is 25.4 Å². The zero-order valence-corrected chi connectivity index (χ0v) is 19.7. The summed E-state index contributed by atoms with van der Waals surface area (Å²) in [7, 11) is 0. The van der Waals surface area contributed by atoms with Crippen molar-refractivity contribution in [1.82, 2.24) is 4.98 Å². The summed E-state index contributed by atoms with van der Waals surface area (Å²) in [6, 6.07) is 18.6. The smallest absolute Gasteiger partial charge is 0.291 e. The number of nitrogens with zero attached hydrogens (tertiary/aromatic N) is 4. The lowest BCUT2D eigenvalue weighted by Gasteiger charge is -2.30. The summed E-state index contributed by atoms with van der Waals surface area (Å²) in [6.45, 7) is 1.82. The van der Waals surface area contributed by atoms with Crippen LogP contribution in [0.1, 0.15) is 36.0 Å². The summed E-state index contributed by atoms with van der Waals surface area (Å²) in [5.74, 6) is -0.628. The molecule has 5 rings (SSSR count). The molecule has 1 aromatic heterocycles. The normalized spacial score (nSPS) is 17.9. The Kier molecular flexibility index (Phi) is 6.70. The molecule has 2 aliphatic heterocycles. The first-order chi connectivity index (χ1) is 17.6. The van der Waals surface area contributed by atoms with Crippen molar-refractivity contribution in [3.8, 4) is 0 Å².